The minimum atomic E-state index is -1.06. The molecule has 1 aromatic heterocycles. The molecule has 6 aromatic carbocycles. The number of aromatic amines is 1. The van der Waals surface area contributed by atoms with E-state index in [1.807, 2.05) is 115 Å². The highest BCUT2D eigenvalue weighted by Crippen LogP contribution is 2.45. The van der Waals surface area contributed by atoms with Crippen LogP contribution in [0.3, 0.4) is 0 Å². The lowest BCUT2D eigenvalue weighted by atomic mass is 9.91. The van der Waals surface area contributed by atoms with Gasteiger partial charge in [-0.2, -0.15) is 0 Å². The van der Waals surface area contributed by atoms with Gasteiger partial charge in [0.1, 0.15) is 6.04 Å². The number of hydrogen-bond acceptors (Lipinski definition) is 3. The van der Waals surface area contributed by atoms with Crippen LogP contribution in [0.1, 0.15) is 44.3 Å². The van der Waals surface area contributed by atoms with Crippen LogP contribution >= 0.6 is 34.8 Å². The molecular weight excluding hydrogens is 763 g/mol. The summed E-state index contributed by atoms with van der Waals surface area (Å²) in [5.41, 5.74) is 7.46. The fourth-order valence-corrected chi connectivity index (χ4v) is 6.97. The van der Waals surface area contributed by atoms with Gasteiger partial charge in [-0.1, -0.05) is 127 Å². The Hall–Kier alpha value is -6.12. The van der Waals surface area contributed by atoms with Crippen LogP contribution < -0.4 is 15.5 Å². The molecule has 0 spiro atoms. The van der Waals surface area contributed by atoms with Crippen LogP contribution in [0.4, 0.5) is 11.4 Å². The van der Waals surface area contributed by atoms with Crippen LogP contribution in [0, 0.1) is 0 Å². The minimum Gasteiger partial charge on any atom is -0.354 e. The third-order valence-electron chi connectivity index (χ3n) is 9.39. The molecule has 278 valence electrons. The van der Waals surface area contributed by atoms with Crippen LogP contribution in [0.2, 0.25) is 5.02 Å². The Morgan fingerprint density at radius 2 is 1.34 bits per heavy atom. The van der Waals surface area contributed by atoms with Crippen LogP contribution in [0.15, 0.2) is 164 Å². The lowest BCUT2D eigenvalue weighted by molar-refractivity contribution is -0.118. The number of alkyl halides is 2. The first-order chi connectivity index (χ1) is 27.4. The van der Waals surface area contributed by atoms with Gasteiger partial charge in [0.2, 0.25) is 0 Å². The second-order valence-corrected chi connectivity index (χ2v) is 14.1. The number of nitrogens with one attached hydrogen (secondary N) is 3. The standard InChI is InChI=1S/C45H33ClN4O3.CH2Cl2/c46-33-25-23-30(24-26-33)42(49-43(51)31-15-5-2-6-16-31)44(52)48-37-21-11-8-18-34(37)40(38-27-32-17-7-10-20-36(32)47-38)41-35-19-9-12-22-39(35)50(45(41)53)28-29-13-3-1-4-14-29;2-1-3/h1-27,42,47H,28H2,(H,48,52)(H,49,51);1H2/b41-40-;/t42-;/m1./s1. The molecule has 3 amide bonds. The van der Waals surface area contributed by atoms with Crippen molar-refractivity contribution >= 4 is 85.9 Å². The number of anilines is 2. The first-order valence-electron chi connectivity index (χ1n) is 17.8. The largest absolute Gasteiger partial charge is 0.354 e. The Labute approximate surface area is 339 Å². The highest BCUT2D eigenvalue weighted by atomic mass is 35.5. The zero-order valence-electron chi connectivity index (χ0n) is 29.9. The van der Waals surface area contributed by atoms with Crippen molar-refractivity contribution in [3.63, 3.8) is 0 Å². The number of carbonyl (C=O) groups is 3. The van der Waals surface area contributed by atoms with Gasteiger partial charge in [-0.3, -0.25) is 14.4 Å². The van der Waals surface area contributed by atoms with Crippen LogP contribution in [-0.4, -0.2) is 28.0 Å². The van der Waals surface area contributed by atoms with E-state index in [0.717, 1.165) is 33.4 Å². The molecule has 0 saturated carbocycles. The molecule has 3 N–H and O–H groups in total. The van der Waals surface area contributed by atoms with Crippen LogP contribution in [0.5, 0.6) is 0 Å². The Bertz CT molecular complexity index is 2500. The number of halogens is 3. The summed E-state index contributed by atoms with van der Waals surface area (Å²) in [7, 11) is 0. The number of carbonyl (C=O) groups excluding carboxylic acids is 3. The van der Waals surface area contributed by atoms with Gasteiger partial charge < -0.3 is 20.5 Å². The van der Waals surface area contributed by atoms with E-state index in [1.54, 1.807) is 53.4 Å². The molecule has 0 fully saturated rings. The fraction of sp³-hybridized carbons (Fsp3) is 0.0652. The third-order valence-corrected chi connectivity index (χ3v) is 9.64. The summed E-state index contributed by atoms with van der Waals surface area (Å²) in [5.74, 6) is -1.02. The SMILES string of the molecule is ClCCl.O=C(N[C@@H](C(=O)Nc1ccccc1/C(=C1/C(=O)N(Cc2ccccc2)c2ccccc21)c1cc2ccccc2[nH]1)c1ccc(Cl)cc1)c1ccccc1. The van der Waals surface area contributed by atoms with Gasteiger partial charge in [-0.15, -0.1) is 23.2 Å². The molecule has 0 unspecified atom stereocenters. The van der Waals surface area contributed by atoms with E-state index < -0.39 is 17.9 Å². The first kappa shape index (κ1) is 38.2. The van der Waals surface area contributed by atoms with Crippen molar-refractivity contribution in [2.75, 3.05) is 15.6 Å². The van der Waals surface area contributed by atoms with E-state index in [0.29, 0.717) is 45.1 Å². The lowest BCUT2D eigenvalue weighted by Gasteiger charge is -2.21. The molecule has 2 heterocycles. The maximum atomic E-state index is 14.8. The summed E-state index contributed by atoms with van der Waals surface area (Å²) >= 11 is 15.7. The Morgan fingerprint density at radius 1 is 0.714 bits per heavy atom. The second-order valence-electron chi connectivity index (χ2n) is 12.9. The molecule has 7 nitrogen and oxygen atoms in total. The number of benzene rings is 6. The van der Waals surface area contributed by atoms with E-state index >= 15 is 0 Å². The summed E-state index contributed by atoms with van der Waals surface area (Å²) in [5, 5.41) is 7.72. The quantitative estimate of drug-likeness (QED) is 0.100. The number of hydrogen-bond donors (Lipinski definition) is 3. The summed E-state index contributed by atoms with van der Waals surface area (Å²) < 4.78 is 0. The predicted octanol–water partition coefficient (Wildman–Crippen LogP) is 10.9. The lowest BCUT2D eigenvalue weighted by Crippen LogP contribution is -2.37. The van der Waals surface area contributed by atoms with Gasteiger partial charge >= 0.3 is 0 Å². The van der Waals surface area contributed by atoms with E-state index in [2.05, 4.69) is 15.6 Å². The number of para-hydroxylation sites is 3. The number of H-pyrrole nitrogens is 1. The average Bonchev–Trinajstić information content (AvgIpc) is 3.77. The molecule has 56 heavy (non-hydrogen) atoms. The molecule has 1 aliphatic heterocycles. The minimum absolute atomic E-state index is 0.154. The summed E-state index contributed by atoms with van der Waals surface area (Å²) in [6, 6.07) is 49.6. The topological polar surface area (TPSA) is 94.3 Å². The number of fused-ring (bicyclic) bond motifs is 2. The van der Waals surface area contributed by atoms with Crippen molar-refractivity contribution in [1.82, 2.24) is 10.3 Å². The van der Waals surface area contributed by atoms with Gasteiger partial charge in [0.05, 0.1) is 23.1 Å². The molecule has 0 saturated heterocycles. The maximum absolute atomic E-state index is 14.8. The fourth-order valence-electron chi connectivity index (χ4n) is 6.84. The molecule has 8 rings (SSSR count). The number of nitrogens with zero attached hydrogens (tertiary/aromatic N) is 1. The van der Waals surface area contributed by atoms with E-state index in [1.165, 1.54) is 0 Å². The van der Waals surface area contributed by atoms with Crippen LogP contribution in [0.25, 0.3) is 22.0 Å². The molecule has 1 atom stereocenters. The highest BCUT2D eigenvalue weighted by Gasteiger charge is 2.36. The van der Waals surface area contributed by atoms with Gasteiger partial charge in [0.15, 0.2) is 0 Å². The van der Waals surface area contributed by atoms with Gasteiger partial charge in [0, 0.05) is 49.6 Å². The first-order valence-corrected chi connectivity index (χ1v) is 19.2. The predicted molar refractivity (Wildman–Crippen MR) is 228 cm³/mol. The van der Waals surface area contributed by atoms with E-state index in [9.17, 15) is 14.4 Å². The zero-order valence-corrected chi connectivity index (χ0v) is 32.2. The van der Waals surface area contributed by atoms with E-state index in [-0.39, 0.29) is 11.2 Å². The molecule has 0 radical (unpaired) electrons. The molecule has 10 heteroatoms. The smallest absolute Gasteiger partial charge is 0.260 e. The average molecular weight is 798 g/mol. The molecule has 0 aliphatic carbocycles. The summed E-state index contributed by atoms with van der Waals surface area (Å²) in [6.07, 6.45) is 0. The van der Waals surface area contributed by atoms with Gasteiger partial charge in [-0.05, 0) is 59.7 Å². The second kappa shape index (κ2) is 17.6. The maximum Gasteiger partial charge on any atom is 0.260 e. The molecule has 0 bridgehead atoms. The van der Waals surface area contributed by atoms with Gasteiger partial charge in [0.25, 0.3) is 17.7 Å². The Morgan fingerprint density at radius 3 is 2.07 bits per heavy atom. The van der Waals surface area contributed by atoms with Gasteiger partial charge in [-0.25, -0.2) is 0 Å². The zero-order chi connectivity index (χ0) is 39.0. The third kappa shape index (κ3) is 8.26. The summed E-state index contributed by atoms with van der Waals surface area (Å²) in [4.78, 5) is 48.0. The van der Waals surface area contributed by atoms with Crippen molar-refractivity contribution in [1.29, 1.82) is 0 Å². The van der Waals surface area contributed by atoms with Crippen molar-refractivity contribution in [3.8, 4) is 0 Å². The number of amides is 3. The monoisotopic (exact) mass is 796 g/mol. The number of rotatable bonds is 9. The van der Waals surface area contributed by atoms with Crippen LogP contribution in [-0.2, 0) is 16.1 Å². The molecular formula is C46H35Cl3N4O3. The highest BCUT2D eigenvalue weighted by molar-refractivity contribution is 6.40. The molecule has 1 aliphatic rings. The number of aromatic nitrogens is 1. The Balaban J connectivity index is 0.00000155. The Kier molecular flexibility index (Phi) is 12.0. The summed E-state index contributed by atoms with van der Waals surface area (Å²) in [6.45, 7) is 0.391. The normalized spacial score (nSPS) is 13.3. The van der Waals surface area contributed by atoms with Crippen molar-refractivity contribution in [2.24, 2.45) is 0 Å². The van der Waals surface area contributed by atoms with Crippen molar-refractivity contribution in [3.05, 3.63) is 202 Å². The van der Waals surface area contributed by atoms with Crippen molar-refractivity contribution < 1.29 is 14.4 Å². The van der Waals surface area contributed by atoms with Crippen molar-refractivity contribution in [2.45, 2.75) is 12.6 Å². The van der Waals surface area contributed by atoms with E-state index in [4.69, 9.17) is 34.8 Å². The molecule has 7 aromatic rings.